The van der Waals surface area contributed by atoms with Gasteiger partial charge in [-0.2, -0.15) is 0 Å². The zero-order chi connectivity index (χ0) is 16.6. The van der Waals surface area contributed by atoms with Gasteiger partial charge in [0.2, 0.25) is 0 Å². The van der Waals surface area contributed by atoms with Crippen molar-refractivity contribution in [3.05, 3.63) is 0 Å². The number of piperazine rings is 1. The monoisotopic (exact) mass is 315 g/mol. The summed E-state index contributed by atoms with van der Waals surface area (Å²) in [6, 6.07) is 0.378. The molecule has 1 atom stereocenters. The second-order valence-electron chi connectivity index (χ2n) is 6.82. The summed E-state index contributed by atoms with van der Waals surface area (Å²) in [6.07, 6.45) is -0.199. The molecule has 6 nitrogen and oxygen atoms in total. The first-order valence-corrected chi connectivity index (χ1v) is 8.33. The highest BCUT2D eigenvalue weighted by Crippen LogP contribution is 2.11. The Morgan fingerprint density at radius 1 is 1.23 bits per heavy atom. The van der Waals surface area contributed by atoms with Crippen LogP contribution in [0.15, 0.2) is 0 Å². The smallest absolute Gasteiger partial charge is 0.410 e. The normalized spacial score (nSPS) is 18.3. The van der Waals surface area contributed by atoms with E-state index in [2.05, 4.69) is 17.1 Å². The van der Waals surface area contributed by atoms with E-state index < -0.39 is 5.60 Å². The number of nitrogens with zero attached hydrogens (tertiary/aromatic N) is 2. The van der Waals surface area contributed by atoms with Crippen molar-refractivity contribution in [3.8, 4) is 0 Å². The highest BCUT2D eigenvalue weighted by Gasteiger charge is 2.25. The summed E-state index contributed by atoms with van der Waals surface area (Å²) in [6.45, 7) is 16.6. The van der Waals surface area contributed by atoms with E-state index in [0.29, 0.717) is 6.04 Å². The lowest BCUT2D eigenvalue weighted by Crippen LogP contribution is -2.51. The fourth-order valence-corrected chi connectivity index (χ4v) is 2.30. The summed E-state index contributed by atoms with van der Waals surface area (Å²) in [5.74, 6) is 0. The van der Waals surface area contributed by atoms with Gasteiger partial charge >= 0.3 is 6.09 Å². The van der Waals surface area contributed by atoms with Gasteiger partial charge in [-0.05, 0) is 34.6 Å². The van der Waals surface area contributed by atoms with Gasteiger partial charge in [-0.1, -0.05) is 0 Å². The number of hydrogen-bond donors (Lipinski definition) is 1. The molecule has 130 valence electrons. The van der Waals surface area contributed by atoms with E-state index in [1.54, 1.807) is 4.90 Å². The second kappa shape index (κ2) is 9.33. The fraction of sp³-hybridized carbons (Fsp3) is 0.938. The predicted molar refractivity (Wildman–Crippen MR) is 88.2 cm³/mol. The molecule has 22 heavy (non-hydrogen) atoms. The van der Waals surface area contributed by atoms with E-state index in [4.69, 9.17) is 9.47 Å². The molecule has 1 fully saturated rings. The molecular formula is C16H33N3O3. The van der Waals surface area contributed by atoms with E-state index in [0.717, 1.165) is 52.5 Å². The molecule has 0 saturated carbocycles. The van der Waals surface area contributed by atoms with Crippen molar-refractivity contribution in [1.82, 2.24) is 15.1 Å². The molecule has 0 aromatic rings. The highest BCUT2D eigenvalue weighted by atomic mass is 16.6. The molecule has 0 radical (unpaired) electrons. The molecule has 0 aromatic carbocycles. The van der Waals surface area contributed by atoms with Gasteiger partial charge < -0.3 is 19.7 Å². The van der Waals surface area contributed by atoms with Gasteiger partial charge in [0.1, 0.15) is 5.60 Å². The number of hydrogen-bond acceptors (Lipinski definition) is 5. The maximum absolute atomic E-state index is 12.0. The van der Waals surface area contributed by atoms with Crippen molar-refractivity contribution in [1.29, 1.82) is 0 Å². The fourth-order valence-electron chi connectivity index (χ4n) is 2.30. The summed E-state index contributed by atoms with van der Waals surface area (Å²) in [5.41, 5.74) is -0.422. The Morgan fingerprint density at radius 3 is 2.41 bits per heavy atom. The van der Waals surface area contributed by atoms with E-state index in [-0.39, 0.29) is 6.09 Å². The Balaban J connectivity index is 2.16. The Morgan fingerprint density at radius 2 is 1.86 bits per heavy atom. The van der Waals surface area contributed by atoms with Crippen LogP contribution in [0.1, 0.15) is 34.6 Å². The molecule has 1 amide bonds. The molecule has 0 aliphatic carbocycles. The molecule has 1 aliphatic heterocycles. The number of carbonyl (C=O) groups is 1. The number of nitrogens with one attached hydrogen (secondary N) is 1. The quantitative estimate of drug-likeness (QED) is 0.772. The molecular weight excluding hydrogens is 282 g/mol. The Bertz CT molecular complexity index is 323. The first-order chi connectivity index (χ1) is 10.3. The van der Waals surface area contributed by atoms with Crippen molar-refractivity contribution >= 4 is 6.09 Å². The lowest BCUT2D eigenvalue weighted by molar-refractivity contribution is 0.0145. The van der Waals surface area contributed by atoms with Crippen LogP contribution in [0.5, 0.6) is 0 Å². The van der Waals surface area contributed by atoms with Gasteiger partial charge in [0, 0.05) is 51.9 Å². The van der Waals surface area contributed by atoms with Crippen LogP contribution in [0.25, 0.3) is 0 Å². The topological polar surface area (TPSA) is 54.0 Å². The van der Waals surface area contributed by atoms with Gasteiger partial charge in [0.15, 0.2) is 0 Å². The van der Waals surface area contributed by atoms with Gasteiger partial charge in [0.25, 0.3) is 0 Å². The van der Waals surface area contributed by atoms with E-state index >= 15 is 0 Å². The van der Waals surface area contributed by atoms with Crippen molar-refractivity contribution in [2.75, 3.05) is 52.5 Å². The molecule has 1 aliphatic rings. The van der Waals surface area contributed by atoms with E-state index in [1.165, 1.54) is 0 Å². The molecule has 0 aromatic heterocycles. The number of rotatable bonds is 7. The SMILES string of the molecule is CCOCC(C)NCCN1CCN(C(=O)OC(C)(C)C)CC1. The van der Waals surface area contributed by atoms with Crippen LogP contribution in [-0.4, -0.2) is 80.0 Å². The highest BCUT2D eigenvalue weighted by molar-refractivity contribution is 5.68. The average Bonchev–Trinajstić information content (AvgIpc) is 2.44. The predicted octanol–water partition coefficient (Wildman–Crippen LogP) is 1.55. The van der Waals surface area contributed by atoms with Crippen LogP contribution in [0.4, 0.5) is 4.79 Å². The van der Waals surface area contributed by atoms with Crippen LogP contribution >= 0.6 is 0 Å². The Hall–Kier alpha value is -0.850. The summed E-state index contributed by atoms with van der Waals surface area (Å²) >= 11 is 0. The van der Waals surface area contributed by atoms with Crippen LogP contribution in [-0.2, 0) is 9.47 Å². The molecule has 1 rings (SSSR count). The van der Waals surface area contributed by atoms with Gasteiger partial charge in [-0.15, -0.1) is 0 Å². The maximum Gasteiger partial charge on any atom is 0.410 e. The average molecular weight is 315 g/mol. The standard InChI is InChI=1S/C16H33N3O3/c1-6-21-13-14(2)17-7-8-18-9-11-19(12-10-18)15(20)22-16(3,4)5/h14,17H,6-13H2,1-5H3. The molecule has 1 heterocycles. The second-order valence-corrected chi connectivity index (χ2v) is 6.82. The lowest BCUT2D eigenvalue weighted by atomic mass is 10.2. The lowest BCUT2D eigenvalue weighted by Gasteiger charge is -2.35. The zero-order valence-electron chi connectivity index (χ0n) is 14.9. The van der Waals surface area contributed by atoms with Crippen LogP contribution < -0.4 is 5.32 Å². The summed E-state index contributed by atoms with van der Waals surface area (Å²) in [7, 11) is 0. The van der Waals surface area contributed by atoms with Crippen molar-refractivity contribution < 1.29 is 14.3 Å². The zero-order valence-corrected chi connectivity index (χ0v) is 14.9. The number of ether oxygens (including phenoxy) is 2. The first kappa shape index (κ1) is 19.2. The van der Waals surface area contributed by atoms with Crippen LogP contribution in [0.3, 0.4) is 0 Å². The minimum atomic E-state index is -0.422. The van der Waals surface area contributed by atoms with Crippen molar-refractivity contribution in [2.45, 2.75) is 46.3 Å². The van der Waals surface area contributed by atoms with Crippen LogP contribution in [0, 0.1) is 0 Å². The number of amides is 1. The van der Waals surface area contributed by atoms with E-state index in [1.807, 2.05) is 27.7 Å². The third kappa shape index (κ3) is 7.96. The Kier molecular flexibility index (Phi) is 8.14. The van der Waals surface area contributed by atoms with Gasteiger partial charge in [0.05, 0.1) is 6.61 Å². The minimum Gasteiger partial charge on any atom is -0.444 e. The minimum absolute atomic E-state index is 0.199. The van der Waals surface area contributed by atoms with Gasteiger partial charge in [-0.25, -0.2) is 4.79 Å². The summed E-state index contributed by atoms with van der Waals surface area (Å²) in [5, 5.41) is 3.46. The van der Waals surface area contributed by atoms with Crippen molar-refractivity contribution in [3.63, 3.8) is 0 Å². The van der Waals surface area contributed by atoms with Crippen LogP contribution in [0.2, 0.25) is 0 Å². The van der Waals surface area contributed by atoms with Gasteiger partial charge in [-0.3, -0.25) is 4.90 Å². The summed E-state index contributed by atoms with van der Waals surface area (Å²) in [4.78, 5) is 16.2. The first-order valence-electron chi connectivity index (χ1n) is 8.33. The molecule has 1 unspecified atom stereocenters. The largest absolute Gasteiger partial charge is 0.444 e. The maximum atomic E-state index is 12.0. The molecule has 1 saturated heterocycles. The van der Waals surface area contributed by atoms with Crippen molar-refractivity contribution in [2.24, 2.45) is 0 Å². The molecule has 0 spiro atoms. The number of carbonyl (C=O) groups excluding carboxylic acids is 1. The third-order valence-corrected chi connectivity index (χ3v) is 3.52. The molecule has 6 heteroatoms. The molecule has 0 bridgehead atoms. The van der Waals surface area contributed by atoms with E-state index in [9.17, 15) is 4.79 Å². The third-order valence-electron chi connectivity index (χ3n) is 3.52. The summed E-state index contributed by atoms with van der Waals surface area (Å²) < 4.78 is 10.8. The molecule has 1 N–H and O–H groups in total. The Labute approximate surface area is 135 Å².